The molecule has 0 radical (unpaired) electrons. The van der Waals surface area contributed by atoms with Gasteiger partial charge in [-0.1, -0.05) is 56.7 Å². The van der Waals surface area contributed by atoms with Crippen LogP contribution in [0.25, 0.3) is 0 Å². The Morgan fingerprint density at radius 1 is 1.07 bits per heavy atom. The lowest BCUT2D eigenvalue weighted by atomic mass is 9.98. The lowest BCUT2D eigenvalue weighted by molar-refractivity contribution is -0.287. The van der Waals surface area contributed by atoms with Crippen molar-refractivity contribution in [1.29, 1.82) is 0 Å². The average Bonchev–Trinajstić information content (AvgIpc) is 3.27. The average molecular weight is 421 g/mol. The van der Waals surface area contributed by atoms with Gasteiger partial charge < -0.3 is 29.5 Å². The highest BCUT2D eigenvalue weighted by molar-refractivity contribution is 5.28. The van der Waals surface area contributed by atoms with Crippen molar-refractivity contribution >= 4 is 0 Å². The Bertz CT molecular complexity index is 627. The number of aliphatic hydroxyl groups is 3. The van der Waals surface area contributed by atoms with Crippen LogP contribution in [-0.4, -0.2) is 59.2 Å². The van der Waals surface area contributed by atoms with Crippen LogP contribution in [0.4, 0.5) is 0 Å². The van der Waals surface area contributed by atoms with Crippen molar-refractivity contribution in [3.05, 3.63) is 42.5 Å². The van der Waals surface area contributed by atoms with Gasteiger partial charge in [-0.3, -0.25) is 0 Å². The van der Waals surface area contributed by atoms with Crippen LogP contribution in [0, 0.1) is 5.92 Å². The molecule has 1 saturated carbocycles. The topological polar surface area (TPSA) is 88.4 Å². The van der Waals surface area contributed by atoms with E-state index in [0.717, 1.165) is 30.7 Å². The summed E-state index contributed by atoms with van der Waals surface area (Å²) in [5.74, 6) is 1.42. The van der Waals surface area contributed by atoms with Crippen LogP contribution in [0.15, 0.2) is 36.9 Å². The molecule has 0 unspecified atom stereocenters. The molecule has 1 aliphatic carbocycles. The normalized spacial score (nSPS) is 29.8. The number of rotatable bonds is 11. The first-order chi connectivity index (χ1) is 14.6. The monoisotopic (exact) mass is 420 g/mol. The maximum absolute atomic E-state index is 10.6. The van der Waals surface area contributed by atoms with Gasteiger partial charge in [0.25, 0.3) is 0 Å². The van der Waals surface area contributed by atoms with E-state index in [2.05, 4.69) is 6.58 Å². The third-order valence-corrected chi connectivity index (χ3v) is 6.17. The van der Waals surface area contributed by atoms with Crippen molar-refractivity contribution in [1.82, 2.24) is 0 Å². The van der Waals surface area contributed by atoms with Gasteiger partial charge in [0.1, 0.15) is 30.2 Å². The van der Waals surface area contributed by atoms with Crippen LogP contribution >= 0.6 is 0 Å². The third kappa shape index (κ3) is 6.28. The molecule has 5 atom stereocenters. The largest absolute Gasteiger partial charge is 0.462 e. The zero-order valence-corrected chi connectivity index (χ0v) is 17.7. The molecule has 168 valence electrons. The molecule has 2 fully saturated rings. The fraction of sp³-hybridized carbons (Fsp3) is 0.667. The second kappa shape index (κ2) is 11.8. The second-order valence-electron chi connectivity index (χ2n) is 8.44. The van der Waals surface area contributed by atoms with Crippen LogP contribution in [0.2, 0.25) is 0 Å². The first-order valence-electron chi connectivity index (χ1n) is 11.2. The van der Waals surface area contributed by atoms with E-state index < -0.39 is 37.3 Å². The molecule has 1 aromatic carbocycles. The van der Waals surface area contributed by atoms with Crippen molar-refractivity contribution in [2.45, 2.75) is 82.1 Å². The smallest absolute Gasteiger partial charge is 0.229 e. The molecule has 0 spiro atoms. The first-order valence-corrected chi connectivity index (χ1v) is 11.2. The predicted molar refractivity (Wildman–Crippen MR) is 114 cm³/mol. The quantitative estimate of drug-likeness (QED) is 0.377. The van der Waals surface area contributed by atoms with Crippen LogP contribution in [0.5, 0.6) is 5.75 Å². The van der Waals surface area contributed by atoms with E-state index in [1.807, 2.05) is 30.3 Å². The summed E-state index contributed by atoms with van der Waals surface area (Å²) in [6.45, 7) is 3.79. The van der Waals surface area contributed by atoms with Gasteiger partial charge in [-0.05, 0) is 36.5 Å². The van der Waals surface area contributed by atoms with Crippen molar-refractivity contribution < 1.29 is 29.5 Å². The molecule has 30 heavy (non-hydrogen) atoms. The molecule has 6 heteroatoms. The minimum Gasteiger partial charge on any atom is -0.462 e. The number of hydrogen-bond acceptors (Lipinski definition) is 6. The summed E-state index contributed by atoms with van der Waals surface area (Å²) in [4.78, 5) is 0. The van der Waals surface area contributed by atoms with E-state index >= 15 is 0 Å². The number of benzene rings is 1. The van der Waals surface area contributed by atoms with E-state index in [4.69, 9.17) is 14.2 Å². The summed E-state index contributed by atoms with van der Waals surface area (Å²) in [5.41, 5.74) is 1.11. The standard InChI is InChI=1S/C24H36O6/c1-2-7-17-11-13-19(14-12-17)29-24-23(22(27)21(26)20(16-25)30-24)28-15-6-5-10-18-8-3-4-9-18/h2,11-14,18,20-27H,1,3-10,15-16H2/t20-,21-,22+,23-,24+/m1/s1. The molecule has 1 aliphatic heterocycles. The van der Waals surface area contributed by atoms with Gasteiger partial charge >= 0.3 is 0 Å². The van der Waals surface area contributed by atoms with Crippen LogP contribution in [0.3, 0.4) is 0 Å². The van der Waals surface area contributed by atoms with Gasteiger partial charge in [0.05, 0.1) is 6.61 Å². The molecule has 3 rings (SSSR count). The SMILES string of the molecule is C=CCc1ccc(O[C@H]2O[C@H](CO)[C@@H](O)[C@H](O)[C@H]2OCCCCC2CCCC2)cc1. The van der Waals surface area contributed by atoms with Crippen molar-refractivity contribution in [2.24, 2.45) is 5.92 Å². The Balaban J connectivity index is 1.55. The van der Waals surface area contributed by atoms with Gasteiger partial charge in [-0.2, -0.15) is 0 Å². The van der Waals surface area contributed by atoms with Gasteiger partial charge in [0, 0.05) is 6.61 Å². The van der Waals surface area contributed by atoms with Crippen LogP contribution in [0.1, 0.15) is 50.5 Å². The first kappa shape index (κ1) is 23.2. The highest BCUT2D eigenvalue weighted by Crippen LogP contribution is 2.30. The highest BCUT2D eigenvalue weighted by atomic mass is 16.7. The number of allylic oxidation sites excluding steroid dienone is 1. The molecular weight excluding hydrogens is 384 g/mol. The van der Waals surface area contributed by atoms with E-state index in [-0.39, 0.29) is 0 Å². The summed E-state index contributed by atoms with van der Waals surface area (Å²) in [6, 6.07) is 7.53. The minimum absolute atomic E-state index is 0.412. The maximum Gasteiger partial charge on any atom is 0.229 e. The van der Waals surface area contributed by atoms with Crippen molar-refractivity contribution in [2.75, 3.05) is 13.2 Å². The molecule has 1 aromatic rings. The summed E-state index contributed by atoms with van der Waals surface area (Å²) in [7, 11) is 0. The molecular formula is C24H36O6. The Labute approximate surface area is 179 Å². The van der Waals surface area contributed by atoms with Gasteiger partial charge in [-0.15, -0.1) is 6.58 Å². The van der Waals surface area contributed by atoms with Crippen molar-refractivity contribution in [3.8, 4) is 5.75 Å². The zero-order chi connectivity index (χ0) is 21.3. The minimum atomic E-state index is -1.23. The number of hydrogen-bond donors (Lipinski definition) is 3. The Morgan fingerprint density at radius 3 is 2.47 bits per heavy atom. The van der Waals surface area contributed by atoms with Crippen LogP contribution in [-0.2, 0) is 15.9 Å². The summed E-state index contributed by atoms with van der Waals surface area (Å²) < 4.78 is 17.6. The molecule has 2 aliphatic rings. The molecule has 1 saturated heterocycles. The lowest BCUT2D eigenvalue weighted by Crippen LogP contribution is -2.61. The van der Waals surface area contributed by atoms with Gasteiger partial charge in [0.2, 0.25) is 6.29 Å². The molecule has 0 aromatic heterocycles. The van der Waals surface area contributed by atoms with Crippen molar-refractivity contribution in [3.63, 3.8) is 0 Å². The molecule has 0 bridgehead atoms. The Kier molecular flexibility index (Phi) is 9.15. The number of aliphatic hydroxyl groups excluding tert-OH is 3. The fourth-order valence-electron chi connectivity index (χ4n) is 4.39. The Morgan fingerprint density at radius 2 is 1.80 bits per heavy atom. The molecule has 0 amide bonds. The molecule has 1 heterocycles. The van der Waals surface area contributed by atoms with E-state index in [0.29, 0.717) is 12.4 Å². The van der Waals surface area contributed by atoms with E-state index in [1.54, 1.807) is 0 Å². The molecule has 6 nitrogen and oxygen atoms in total. The maximum atomic E-state index is 10.6. The fourth-order valence-corrected chi connectivity index (χ4v) is 4.39. The number of unbranched alkanes of at least 4 members (excludes halogenated alkanes) is 1. The Hall–Kier alpha value is -1.44. The van der Waals surface area contributed by atoms with Crippen LogP contribution < -0.4 is 4.74 Å². The molecule has 3 N–H and O–H groups in total. The summed E-state index contributed by atoms with van der Waals surface area (Å²) in [5, 5.41) is 30.3. The van der Waals surface area contributed by atoms with E-state index in [9.17, 15) is 15.3 Å². The second-order valence-corrected chi connectivity index (χ2v) is 8.44. The zero-order valence-electron chi connectivity index (χ0n) is 17.7. The number of ether oxygens (including phenoxy) is 3. The highest BCUT2D eigenvalue weighted by Gasteiger charge is 2.46. The van der Waals surface area contributed by atoms with Gasteiger partial charge in [-0.25, -0.2) is 0 Å². The lowest BCUT2D eigenvalue weighted by Gasteiger charge is -2.41. The van der Waals surface area contributed by atoms with E-state index in [1.165, 1.54) is 32.1 Å². The van der Waals surface area contributed by atoms with Gasteiger partial charge in [0.15, 0.2) is 0 Å². The summed E-state index contributed by atoms with van der Waals surface area (Å²) in [6.07, 6.45) is 6.09. The predicted octanol–water partition coefficient (Wildman–Crippen LogP) is 2.98. The third-order valence-electron chi connectivity index (χ3n) is 6.17. The summed E-state index contributed by atoms with van der Waals surface area (Å²) >= 11 is 0.